The quantitative estimate of drug-likeness (QED) is 0.136. The summed E-state index contributed by atoms with van der Waals surface area (Å²) in [6, 6.07) is 62.0. The van der Waals surface area contributed by atoms with Crippen molar-refractivity contribution in [3.8, 4) is 44.6 Å². The molecule has 54 heavy (non-hydrogen) atoms. The Morgan fingerprint density at radius 1 is 0.389 bits per heavy atom. The summed E-state index contributed by atoms with van der Waals surface area (Å²) in [5.74, 6) is 0. The first kappa shape index (κ1) is 32.0. The molecule has 0 N–H and O–H groups in total. The molecule has 0 fully saturated rings. The van der Waals surface area contributed by atoms with Gasteiger partial charge in [0.05, 0.1) is 16.7 Å². The van der Waals surface area contributed by atoms with Crippen LogP contribution in [0, 0.1) is 0 Å². The minimum Gasteiger partial charge on any atom is -0.254 e. The van der Waals surface area contributed by atoms with Crippen LogP contribution in [0.5, 0.6) is 0 Å². The molecule has 0 aliphatic heterocycles. The highest BCUT2D eigenvalue weighted by Gasteiger charge is 2.19. The number of benzene rings is 8. The van der Waals surface area contributed by atoms with Crippen molar-refractivity contribution in [2.75, 3.05) is 0 Å². The molecule has 0 aliphatic carbocycles. The van der Waals surface area contributed by atoms with E-state index in [-0.39, 0.29) is 5.41 Å². The van der Waals surface area contributed by atoms with Crippen LogP contribution in [0.25, 0.3) is 98.8 Å². The lowest BCUT2D eigenvalue weighted by Crippen LogP contribution is -2.10. The Morgan fingerprint density at radius 2 is 0.926 bits per heavy atom. The first-order chi connectivity index (χ1) is 26.4. The van der Waals surface area contributed by atoms with E-state index in [1.54, 1.807) is 0 Å². The van der Waals surface area contributed by atoms with Crippen molar-refractivity contribution in [2.24, 2.45) is 0 Å². The second-order valence-corrected chi connectivity index (χ2v) is 15.4. The number of pyridine rings is 2. The third-order valence-corrected chi connectivity index (χ3v) is 11.1. The van der Waals surface area contributed by atoms with Crippen LogP contribution in [-0.4, -0.2) is 9.97 Å². The molecule has 0 amide bonds. The normalized spacial score (nSPS) is 12.0. The van der Waals surface area contributed by atoms with Gasteiger partial charge in [-0.15, -0.1) is 0 Å². The molecule has 256 valence electrons. The fourth-order valence-corrected chi connectivity index (χ4v) is 8.38. The highest BCUT2D eigenvalue weighted by atomic mass is 14.8. The van der Waals surface area contributed by atoms with Gasteiger partial charge >= 0.3 is 0 Å². The minimum atomic E-state index is 0.101. The number of hydrogen-bond donors (Lipinski definition) is 0. The standard InChI is InChI=1S/C52H38N2/c1-52(2,3)38-26-23-33(24-27-38)48-43-17-6-8-19-45(43)49(46-20-9-7-18-44(46)48)37-13-10-12-36(32-37)39-28-29-42(41-16-5-4-15-40(39)41)47-30-25-35-22-21-34-14-11-31-53-50(34)51(35)54-47/h4-32H,1-3H3. The number of nitrogens with zero attached hydrogens (tertiary/aromatic N) is 2. The summed E-state index contributed by atoms with van der Waals surface area (Å²) in [4.78, 5) is 9.92. The molecule has 0 spiro atoms. The molecule has 0 bridgehead atoms. The summed E-state index contributed by atoms with van der Waals surface area (Å²) >= 11 is 0. The van der Waals surface area contributed by atoms with Crippen LogP contribution in [0.15, 0.2) is 176 Å². The van der Waals surface area contributed by atoms with E-state index in [0.717, 1.165) is 33.1 Å². The molecule has 2 heteroatoms. The summed E-state index contributed by atoms with van der Waals surface area (Å²) in [6.45, 7) is 6.82. The Hall–Kier alpha value is -6.64. The van der Waals surface area contributed by atoms with E-state index in [4.69, 9.17) is 9.97 Å². The van der Waals surface area contributed by atoms with Gasteiger partial charge in [0, 0.05) is 22.5 Å². The van der Waals surface area contributed by atoms with Crippen LogP contribution in [0.4, 0.5) is 0 Å². The Balaban J connectivity index is 1.14. The van der Waals surface area contributed by atoms with E-state index in [9.17, 15) is 0 Å². The number of rotatable bonds is 4. The van der Waals surface area contributed by atoms with Crippen LogP contribution in [0.2, 0.25) is 0 Å². The molecule has 0 radical (unpaired) electrons. The topological polar surface area (TPSA) is 25.8 Å². The third kappa shape index (κ3) is 5.25. The lowest BCUT2D eigenvalue weighted by atomic mass is 9.83. The van der Waals surface area contributed by atoms with E-state index < -0.39 is 0 Å². The van der Waals surface area contributed by atoms with E-state index in [2.05, 4.69) is 185 Å². The van der Waals surface area contributed by atoms with Gasteiger partial charge in [-0.3, -0.25) is 4.98 Å². The van der Waals surface area contributed by atoms with Crippen LogP contribution < -0.4 is 0 Å². The van der Waals surface area contributed by atoms with Crippen molar-refractivity contribution >= 4 is 54.1 Å². The van der Waals surface area contributed by atoms with Gasteiger partial charge in [0.1, 0.15) is 0 Å². The van der Waals surface area contributed by atoms with E-state index in [1.807, 2.05) is 12.3 Å². The number of fused-ring (bicyclic) bond motifs is 6. The molecule has 10 rings (SSSR count). The van der Waals surface area contributed by atoms with Gasteiger partial charge in [-0.2, -0.15) is 0 Å². The molecular weight excluding hydrogens is 653 g/mol. The highest BCUT2D eigenvalue weighted by molar-refractivity contribution is 6.21. The summed E-state index contributed by atoms with van der Waals surface area (Å²) in [5, 5.41) is 9.61. The van der Waals surface area contributed by atoms with E-state index >= 15 is 0 Å². The monoisotopic (exact) mass is 690 g/mol. The average Bonchev–Trinajstić information content (AvgIpc) is 3.22. The molecule has 2 aromatic heterocycles. The third-order valence-electron chi connectivity index (χ3n) is 11.1. The second-order valence-electron chi connectivity index (χ2n) is 15.4. The summed E-state index contributed by atoms with van der Waals surface area (Å²) in [6.07, 6.45) is 1.85. The molecule has 10 aromatic rings. The zero-order chi connectivity index (χ0) is 36.4. The maximum Gasteiger partial charge on any atom is 0.0972 e. The van der Waals surface area contributed by atoms with Gasteiger partial charge in [-0.1, -0.05) is 172 Å². The first-order valence-corrected chi connectivity index (χ1v) is 18.7. The van der Waals surface area contributed by atoms with Gasteiger partial charge in [-0.25, -0.2) is 4.98 Å². The second kappa shape index (κ2) is 12.5. The van der Waals surface area contributed by atoms with Gasteiger partial charge in [-0.05, 0) is 94.9 Å². The molecule has 0 atom stereocenters. The van der Waals surface area contributed by atoms with Gasteiger partial charge < -0.3 is 0 Å². The van der Waals surface area contributed by atoms with Gasteiger partial charge in [0.25, 0.3) is 0 Å². The fourth-order valence-electron chi connectivity index (χ4n) is 8.38. The SMILES string of the molecule is CC(C)(C)c1ccc(-c2c3ccccc3c(-c3cccc(-c4ccc(-c5ccc6ccc7cccnc7c6n5)c5ccccc45)c3)c3ccccc23)cc1. The van der Waals surface area contributed by atoms with Crippen molar-refractivity contribution in [1.82, 2.24) is 9.97 Å². The molecule has 2 nitrogen and oxygen atoms in total. The fraction of sp³-hybridized carbons (Fsp3) is 0.0769. The number of hydrogen-bond acceptors (Lipinski definition) is 2. The van der Waals surface area contributed by atoms with Crippen LogP contribution in [0.1, 0.15) is 26.3 Å². The van der Waals surface area contributed by atoms with Crippen molar-refractivity contribution in [2.45, 2.75) is 26.2 Å². The van der Waals surface area contributed by atoms with Gasteiger partial charge in [0.2, 0.25) is 0 Å². The molecular formula is C52H38N2. The predicted octanol–water partition coefficient (Wildman–Crippen LogP) is 14.2. The Morgan fingerprint density at radius 3 is 1.57 bits per heavy atom. The van der Waals surface area contributed by atoms with Gasteiger partial charge in [0.15, 0.2) is 0 Å². The molecule has 2 heterocycles. The first-order valence-electron chi connectivity index (χ1n) is 18.7. The lowest BCUT2D eigenvalue weighted by Gasteiger charge is -2.21. The predicted molar refractivity (Wildman–Crippen MR) is 230 cm³/mol. The van der Waals surface area contributed by atoms with Crippen molar-refractivity contribution < 1.29 is 0 Å². The molecule has 0 saturated heterocycles. The van der Waals surface area contributed by atoms with Crippen molar-refractivity contribution in [3.05, 3.63) is 182 Å². The number of aromatic nitrogens is 2. The van der Waals surface area contributed by atoms with E-state index in [0.29, 0.717) is 0 Å². The summed E-state index contributed by atoms with van der Waals surface area (Å²) in [5.41, 5.74) is 12.8. The highest BCUT2D eigenvalue weighted by Crippen LogP contribution is 2.45. The summed E-state index contributed by atoms with van der Waals surface area (Å²) < 4.78 is 0. The average molecular weight is 691 g/mol. The van der Waals surface area contributed by atoms with Crippen molar-refractivity contribution in [3.63, 3.8) is 0 Å². The molecule has 0 saturated carbocycles. The maximum absolute atomic E-state index is 5.22. The molecule has 0 aliphatic rings. The maximum atomic E-state index is 5.22. The zero-order valence-corrected chi connectivity index (χ0v) is 30.6. The van der Waals surface area contributed by atoms with E-state index in [1.165, 1.54) is 71.3 Å². The Kier molecular flexibility index (Phi) is 7.42. The largest absolute Gasteiger partial charge is 0.254 e. The summed E-state index contributed by atoms with van der Waals surface area (Å²) in [7, 11) is 0. The Bertz CT molecular complexity index is 3020. The minimum absolute atomic E-state index is 0.101. The zero-order valence-electron chi connectivity index (χ0n) is 30.6. The van der Waals surface area contributed by atoms with Crippen LogP contribution >= 0.6 is 0 Å². The Labute approximate surface area is 315 Å². The van der Waals surface area contributed by atoms with Crippen molar-refractivity contribution in [1.29, 1.82) is 0 Å². The van der Waals surface area contributed by atoms with Crippen LogP contribution in [-0.2, 0) is 5.41 Å². The molecule has 0 unspecified atom stereocenters. The smallest absolute Gasteiger partial charge is 0.0972 e. The lowest BCUT2D eigenvalue weighted by molar-refractivity contribution is 0.590. The van der Waals surface area contributed by atoms with Crippen LogP contribution in [0.3, 0.4) is 0 Å². The molecule has 8 aromatic carbocycles.